The van der Waals surface area contributed by atoms with Gasteiger partial charge in [0.05, 0.1) is 5.75 Å². The molecule has 1 atom stereocenters. The summed E-state index contributed by atoms with van der Waals surface area (Å²) in [6, 6.07) is 0. The van der Waals surface area contributed by atoms with Gasteiger partial charge in [0.25, 0.3) is 0 Å². The maximum atomic E-state index is 11.3. The molecule has 1 aliphatic heterocycles. The third-order valence-electron chi connectivity index (χ3n) is 2.66. The molecular formula is C8H17NO2S. The van der Waals surface area contributed by atoms with Crippen LogP contribution < -0.4 is 0 Å². The average Bonchev–Trinajstić information content (AvgIpc) is 1.94. The van der Waals surface area contributed by atoms with Crippen molar-refractivity contribution in [3.05, 3.63) is 0 Å². The zero-order valence-electron chi connectivity index (χ0n) is 7.95. The molecule has 0 N–H and O–H groups in total. The Bertz CT molecular complexity index is 246. The van der Waals surface area contributed by atoms with Crippen molar-refractivity contribution >= 4 is 10.0 Å². The van der Waals surface area contributed by atoms with Crippen molar-refractivity contribution < 1.29 is 8.42 Å². The molecule has 1 fully saturated rings. The number of hydrogen-bond donors (Lipinski definition) is 0. The third kappa shape index (κ3) is 1.98. The highest BCUT2D eigenvalue weighted by Gasteiger charge is 2.29. The molecule has 0 spiro atoms. The molecule has 0 saturated carbocycles. The lowest BCUT2D eigenvalue weighted by molar-refractivity contribution is 0.282. The Hall–Kier alpha value is -0.0900. The fourth-order valence-corrected chi connectivity index (χ4v) is 2.87. The molecule has 1 rings (SSSR count). The summed E-state index contributed by atoms with van der Waals surface area (Å²) in [6.45, 7) is 4.99. The zero-order valence-corrected chi connectivity index (χ0v) is 8.76. The number of sulfonamides is 1. The lowest BCUT2D eigenvalue weighted by atomic mass is 9.93. The molecule has 1 unspecified atom stereocenters. The van der Waals surface area contributed by atoms with Crippen molar-refractivity contribution in [3.8, 4) is 0 Å². The topological polar surface area (TPSA) is 37.4 Å². The first-order chi connectivity index (χ1) is 5.43. The monoisotopic (exact) mass is 191 g/mol. The van der Waals surface area contributed by atoms with Gasteiger partial charge in [-0.2, -0.15) is 0 Å². The molecule has 0 aromatic rings. The smallest absolute Gasteiger partial charge is 0.212 e. The van der Waals surface area contributed by atoms with Crippen LogP contribution in [0.4, 0.5) is 0 Å². The highest BCUT2D eigenvalue weighted by atomic mass is 32.2. The van der Waals surface area contributed by atoms with E-state index >= 15 is 0 Å². The van der Waals surface area contributed by atoms with Crippen molar-refractivity contribution in [1.82, 2.24) is 4.31 Å². The molecule has 0 aliphatic carbocycles. The van der Waals surface area contributed by atoms with Gasteiger partial charge in [0.2, 0.25) is 10.0 Å². The number of nitrogens with zero attached hydrogens (tertiary/aromatic N) is 1. The normalized spacial score (nSPS) is 30.8. The average molecular weight is 191 g/mol. The first-order valence-corrected chi connectivity index (χ1v) is 5.98. The molecule has 0 aromatic heterocycles. The van der Waals surface area contributed by atoms with Crippen LogP contribution >= 0.6 is 0 Å². The first kappa shape index (κ1) is 9.99. The maximum Gasteiger partial charge on any atom is 0.213 e. The lowest BCUT2D eigenvalue weighted by Crippen LogP contribution is -2.41. The van der Waals surface area contributed by atoms with Gasteiger partial charge in [0.15, 0.2) is 0 Å². The molecule has 3 nitrogen and oxygen atoms in total. The number of hydrogen-bond acceptors (Lipinski definition) is 2. The molecule has 0 aromatic carbocycles. The highest BCUT2D eigenvalue weighted by molar-refractivity contribution is 7.89. The Morgan fingerprint density at radius 1 is 1.42 bits per heavy atom. The van der Waals surface area contributed by atoms with E-state index in [1.807, 2.05) is 0 Å². The fourth-order valence-electron chi connectivity index (χ4n) is 1.54. The summed E-state index contributed by atoms with van der Waals surface area (Å²) in [4.78, 5) is 0. The van der Waals surface area contributed by atoms with E-state index in [4.69, 9.17) is 0 Å². The second-order valence-corrected chi connectivity index (χ2v) is 6.08. The van der Waals surface area contributed by atoms with Gasteiger partial charge in [0.1, 0.15) is 0 Å². The first-order valence-electron chi connectivity index (χ1n) is 4.37. The zero-order chi connectivity index (χ0) is 9.35. The molecule has 0 radical (unpaired) electrons. The third-order valence-corrected chi connectivity index (χ3v) is 4.51. The molecule has 4 heteroatoms. The quantitative estimate of drug-likeness (QED) is 0.618. The van der Waals surface area contributed by atoms with Crippen LogP contribution in [-0.2, 0) is 10.0 Å². The summed E-state index contributed by atoms with van der Waals surface area (Å²) in [6.07, 6.45) is 0.824. The van der Waals surface area contributed by atoms with Gasteiger partial charge in [-0.3, -0.25) is 0 Å². The minimum Gasteiger partial charge on any atom is -0.212 e. The van der Waals surface area contributed by atoms with Gasteiger partial charge >= 0.3 is 0 Å². The van der Waals surface area contributed by atoms with E-state index in [1.165, 1.54) is 4.31 Å². The molecule has 1 saturated heterocycles. The Labute approximate surface area is 74.8 Å². The molecular weight excluding hydrogens is 174 g/mol. The van der Waals surface area contributed by atoms with Gasteiger partial charge in [0, 0.05) is 13.6 Å². The van der Waals surface area contributed by atoms with E-state index in [1.54, 1.807) is 7.05 Å². The van der Waals surface area contributed by atoms with Gasteiger partial charge in [-0.05, 0) is 18.3 Å². The number of rotatable bonds is 1. The van der Waals surface area contributed by atoms with Gasteiger partial charge in [-0.15, -0.1) is 0 Å². The van der Waals surface area contributed by atoms with Crippen LogP contribution in [0.2, 0.25) is 0 Å². The van der Waals surface area contributed by atoms with E-state index in [9.17, 15) is 8.42 Å². The van der Waals surface area contributed by atoms with Crippen molar-refractivity contribution in [3.63, 3.8) is 0 Å². The summed E-state index contributed by atoms with van der Waals surface area (Å²) < 4.78 is 24.0. The molecule has 1 heterocycles. The minimum absolute atomic E-state index is 0.326. The Morgan fingerprint density at radius 3 is 2.42 bits per heavy atom. The minimum atomic E-state index is -2.89. The molecule has 72 valence electrons. The van der Waals surface area contributed by atoms with Crippen molar-refractivity contribution in [2.45, 2.75) is 20.3 Å². The van der Waals surface area contributed by atoms with E-state index in [0.717, 1.165) is 6.42 Å². The van der Waals surface area contributed by atoms with E-state index in [0.29, 0.717) is 24.1 Å². The lowest BCUT2D eigenvalue weighted by Gasteiger charge is -2.31. The Morgan fingerprint density at radius 2 is 2.00 bits per heavy atom. The maximum absolute atomic E-state index is 11.3. The second kappa shape index (κ2) is 3.34. The van der Waals surface area contributed by atoms with Crippen molar-refractivity contribution in [2.75, 3.05) is 19.3 Å². The highest BCUT2D eigenvalue weighted by Crippen LogP contribution is 2.23. The van der Waals surface area contributed by atoms with E-state index in [-0.39, 0.29) is 0 Å². The van der Waals surface area contributed by atoms with Gasteiger partial charge < -0.3 is 0 Å². The van der Waals surface area contributed by atoms with Crippen molar-refractivity contribution in [1.29, 1.82) is 0 Å². The van der Waals surface area contributed by atoms with Crippen LogP contribution in [0.1, 0.15) is 20.3 Å². The molecule has 12 heavy (non-hydrogen) atoms. The van der Waals surface area contributed by atoms with E-state index < -0.39 is 10.0 Å². The predicted octanol–water partition coefficient (Wildman–Crippen LogP) is 0.924. The van der Waals surface area contributed by atoms with Crippen LogP contribution in [0, 0.1) is 11.8 Å². The predicted molar refractivity (Wildman–Crippen MR) is 49.4 cm³/mol. The fraction of sp³-hybridized carbons (Fsp3) is 1.00. The summed E-state index contributed by atoms with van der Waals surface area (Å²) in [7, 11) is -1.22. The van der Waals surface area contributed by atoms with Gasteiger partial charge in [-0.25, -0.2) is 12.7 Å². The van der Waals surface area contributed by atoms with Crippen molar-refractivity contribution in [2.24, 2.45) is 11.8 Å². The SMILES string of the molecule is CC(C)C1CCS(=O)(=O)N(C)C1. The molecule has 0 bridgehead atoms. The standard InChI is InChI=1S/C8H17NO2S/c1-7(2)8-4-5-12(10,11)9(3)6-8/h7-8H,4-6H2,1-3H3. The summed E-state index contributed by atoms with van der Waals surface area (Å²) in [5.41, 5.74) is 0. The summed E-state index contributed by atoms with van der Waals surface area (Å²) in [5.74, 6) is 1.45. The van der Waals surface area contributed by atoms with E-state index in [2.05, 4.69) is 13.8 Å². The van der Waals surface area contributed by atoms with Gasteiger partial charge in [-0.1, -0.05) is 13.8 Å². The second-order valence-electron chi connectivity index (χ2n) is 3.89. The van der Waals surface area contributed by atoms with Crippen LogP contribution in [0.5, 0.6) is 0 Å². The Balaban J connectivity index is 2.64. The van der Waals surface area contributed by atoms with Crippen LogP contribution in [0.3, 0.4) is 0 Å². The summed E-state index contributed by atoms with van der Waals surface area (Å²) in [5, 5.41) is 0. The largest absolute Gasteiger partial charge is 0.213 e. The summed E-state index contributed by atoms with van der Waals surface area (Å²) >= 11 is 0. The van der Waals surface area contributed by atoms with Crippen LogP contribution in [0.15, 0.2) is 0 Å². The molecule has 0 amide bonds. The Kier molecular flexibility index (Phi) is 2.78. The van der Waals surface area contributed by atoms with Crippen LogP contribution in [0.25, 0.3) is 0 Å². The van der Waals surface area contributed by atoms with Crippen LogP contribution in [-0.4, -0.2) is 32.1 Å². The molecule has 1 aliphatic rings.